The van der Waals surface area contributed by atoms with Crippen molar-refractivity contribution in [2.45, 2.75) is 39.2 Å². The van der Waals surface area contributed by atoms with E-state index in [1.165, 1.54) is 7.05 Å². The van der Waals surface area contributed by atoms with Gasteiger partial charge in [0.05, 0.1) is 17.6 Å². The van der Waals surface area contributed by atoms with E-state index in [1.54, 1.807) is 35.2 Å². The van der Waals surface area contributed by atoms with Crippen molar-refractivity contribution in [1.29, 1.82) is 5.26 Å². The quantitative estimate of drug-likeness (QED) is 0.446. The van der Waals surface area contributed by atoms with Gasteiger partial charge in [-0.15, -0.1) is 0 Å². The van der Waals surface area contributed by atoms with E-state index in [2.05, 4.69) is 16.7 Å². The number of carboxylic acids is 1. The SMILES string of the molecule is CNC(=O)[C@@H](NC(=O)C[C@H](C(=O)O)c1ccn(-c2ccc(-c3ccc(C#N)cc3)cc2)c1)C(C)(C)C. The molecule has 0 saturated heterocycles. The first-order chi connectivity index (χ1) is 17.0. The Balaban J connectivity index is 1.75. The molecule has 0 aliphatic heterocycles. The summed E-state index contributed by atoms with van der Waals surface area (Å²) in [6.07, 6.45) is 3.16. The van der Waals surface area contributed by atoms with Crippen molar-refractivity contribution in [2.24, 2.45) is 5.41 Å². The van der Waals surface area contributed by atoms with Crippen molar-refractivity contribution in [1.82, 2.24) is 15.2 Å². The van der Waals surface area contributed by atoms with Crippen LogP contribution < -0.4 is 10.6 Å². The largest absolute Gasteiger partial charge is 0.481 e. The lowest BCUT2D eigenvalue weighted by molar-refractivity contribution is -0.141. The first-order valence-corrected chi connectivity index (χ1v) is 11.6. The monoisotopic (exact) mass is 486 g/mol. The topological polar surface area (TPSA) is 124 Å². The number of rotatable bonds is 8. The van der Waals surface area contributed by atoms with Crippen LogP contribution in [0.1, 0.15) is 44.2 Å². The number of carboxylic acid groups (broad SMARTS) is 1. The minimum Gasteiger partial charge on any atom is -0.481 e. The van der Waals surface area contributed by atoms with Gasteiger partial charge in [0.15, 0.2) is 0 Å². The maximum atomic E-state index is 12.7. The summed E-state index contributed by atoms with van der Waals surface area (Å²) < 4.78 is 1.80. The van der Waals surface area contributed by atoms with Gasteiger partial charge in [-0.2, -0.15) is 5.26 Å². The predicted octanol–water partition coefficient (Wildman–Crippen LogP) is 3.85. The molecule has 0 fully saturated rings. The number of aliphatic carboxylic acids is 1. The van der Waals surface area contributed by atoms with Gasteiger partial charge in [0.1, 0.15) is 6.04 Å². The van der Waals surface area contributed by atoms with Crippen LogP contribution in [0.3, 0.4) is 0 Å². The molecule has 36 heavy (non-hydrogen) atoms. The van der Waals surface area contributed by atoms with Crippen LogP contribution >= 0.6 is 0 Å². The molecule has 186 valence electrons. The Kier molecular flexibility index (Phi) is 7.95. The van der Waals surface area contributed by atoms with E-state index in [4.69, 9.17) is 5.26 Å². The molecule has 2 aromatic carbocycles. The molecule has 3 aromatic rings. The smallest absolute Gasteiger partial charge is 0.311 e. The Bertz CT molecular complexity index is 1280. The molecule has 3 rings (SSSR count). The van der Waals surface area contributed by atoms with E-state index in [0.29, 0.717) is 11.1 Å². The Morgan fingerprint density at radius 2 is 1.58 bits per heavy atom. The number of aromatic nitrogens is 1. The second kappa shape index (κ2) is 10.9. The number of carbonyl (C=O) groups excluding carboxylic acids is 2. The second-order valence-corrected chi connectivity index (χ2v) is 9.66. The normalized spacial score (nSPS) is 12.8. The number of nitriles is 1. The summed E-state index contributed by atoms with van der Waals surface area (Å²) in [5.41, 5.74) is 3.35. The van der Waals surface area contributed by atoms with Crippen molar-refractivity contribution < 1.29 is 19.5 Å². The lowest BCUT2D eigenvalue weighted by Gasteiger charge is -2.30. The van der Waals surface area contributed by atoms with Gasteiger partial charge in [-0.25, -0.2) is 0 Å². The molecule has 8 heteroatoms. The van der Waals surface area contributed by atoms with E-state index < -0.39 is 29.3 Å². The molecule has 0 radical (unpaired) electrons. The summed E-state index contributed by atoms with van der Waals surface area (Å²) in [6, 6.07) is 18.0. The maximum absolute atomic E-state index is 12.7. The summed E-state index contributed by atoms with van der Waals surface area (Å²) in [7, 11) is 1.49. The van der Waals surface area contributed by atoms with E-state index in [1.807, 2.05) is 57.2 Å². The highest BCUT2D eigenvalue weighted by atomic mass is 16.4. The summed E-state index contributed by atoms with van der Waals surface area (Å²) >= 11 is 0. The zero-order valence-corrected chi connectivity index (χ0v) is 20.8. The third-order valence-electron chi connectivity index (χ3n) is 6.00. The van der Waals surface area contributed by atoms with E-state index in [0.717, 1.165) is 16.8 Å². The van der Waals surface area contributed by atoms with Crippen LogP contribution in [0.2, 0.25) is 0 Å². The molecule has 0 spiro atoms. The van der Waals surface area contributed by atoms with Crippen LogP contribution in [0, 0.1) is 16.7 Å². The van der Waals surface area contributed by atoms with Crippen LogP contribution in [-0.2, 0) is 14.4 Å². The molecule has 8 nitrogen and oxygen atoms in total. The van der Waals surface area contributed by atoms with Gasteiger partial charge >= 0.3 is 5.97 Å². The summed E-state index contributed by atoms with van der Waals surface area (Å²) in [5, 5.41) is 24.0. The van der Waals surface area contributed by atoms with Crippen molar-refractivity contribution in [2.75, 3.05) is 7.05 Å². The fourth-order valence-corrected chi connectivity index (χ4v) is 3.92. The number of carbonyl (C=O) groups is 3. The number of amides is 2. The summed E-state index contributed by atoms with van der Waals surface area (Å²) in [6.45, 7) is 5.48. The molecule has 0 bridgehead atoms. The summed E-state index contributed by atoms with van der Waals surface area (Å²) in [5.74, 6) is -3.02. The van der Waals surface area contributed by atoms with Crippen molar-refractivity contribution in [3.8, 4) is 22.9 Å². The highest BCUT2D eigenvalue weighted by Gasteiger charge is 2.33. The molecule has 0 saturated carbocycles. The molecule has 0 aliphatic rings. The average Bonchev–Trinajstić information content (AvgIpc) is 3.34. The molecule has 3 N–H and O–H groups in total. The molecule has 0 aliphatic carbocycles. The zero-order chi connectivity index (χ0) is 26.5. The Hall–Kier alpha value is -4.38. The molecule has 0 unspecified atom stereocenters. The van der Waals surface area contributed by atoms with Crippen LogP contribution in [0.25, 0.3) is 16.8 Å². The van der Waals surface area contributed by atoms with E-state index in [9.17, 15) is 19.5 Å². The minimum absolute atomic E-state index is 0.291. The number of likely N-dealkylation sites (N-methyl/N-ethyl adjacent to an activating group) is 1. The number of hydrogen-bond acceptors (Lipinski definition) is 4. The lowest BCUT2D eigenvalue weighted by atomic mass is 9.85. The third kappa shape index (κ3) is 6.19. The second-order valence-electron chi connectivity index (χ2n) is 9.66. The van der Waals surface area contributed by atoms with Crippen molar-refractivity contribution in [3.63, 3.8) is 0 Å². The first kappa shape index (κ1) is 26.2. The Morgan fingerprint density at radius 1 is 1.00 bits per heavy atom. The number of nitrogens with one attached hydrogen (secondary N) is 2. The standard InChI is InChI=1S/C28H30N4O4/c1-28(2,3)25(26(34)30-4)31-24(33)15-23(27(35)36)21-13-14-32(17-21)22-11-9-20(10-12-22)19-7-5-18(16-29)6-8-19/h5-14,17,23,25H,15H2,1-4H3,(H,30,34)(H,31,33)(H,35,36)/t23-,25+/m0/s1. The van der Waals surface area contributed by atoms with Gasteiger partial charge in [-0.3, -0.25) is 14.4 Å². The maximum Gasteiger partial charge on any atom is 0.311 e. The van der Waals surface area contributed by atoms with Crippen LogP contribution in [0.15, 0.2) is 67.0 Å². The Morgan fingerprint density at radius 3 is 2.08 bits per heavy atom. The zero-order valence-electron chi connectivity index (χ0n) is 20.8. The third-order valence-corrected chi connectivity index (χ3v) is 6.00. The molecular weight excluding hydrogens is 456 g/mol. The number of benzene rings is 2. The van der Waals surface area contributed by atoms with E-state index in [-0.39, 0.29) is 12.3 Å². The Labute approximate surface area is 210 Å². The molecule has 1 heterocycles. The van der Waals surface area contributed by atoms with Gasteiger partial charge in [0, 0.05) is 31.5 Å². The molecule has 1 aromatic heterocycles. The highest BCUT2D eigenvalue weighted by Crippen LogP contribution is 2.26. The van der Waals surface area contributed by atoms with Crippen molar-refractivity contribution in [3.05, 3.63) is 78.1 Å². The van der Waals surface area contributed by atoms with Gasteiger partial charge in [0.2, 0.25) is 11.8 Å². The highest BCUT2D eigenvalue weighted by molar-refractivity contribution is 5.90. The average molecular weight is 487 g/mol. The van der Waals surface area contributed by atoms with Gasteiger partial charge in [-0.05, 0) is 52.4 Å². The lowest BCUT2D eigenvalue weighted by Crippen LogP contribution is -2.53. The van der Waals surface area contributed by atoms with Crippen LogP contribution in [0.4, 0.5) is 0 Å². The fraction of sp³-hybridized carbons (Fsp3) is 0.286. The fourth-order valence-electron chi connectivity index (χ4n) is 3.92. The number of hydrogen-bond donors (Lipinski definition) is 3. The molecular formula is C28H30N4O4. The summed E-state index contributed by atoms with van der Waals surface area (Å²) in [4.78, 5) is 37.0. The van der Waals surface area contributed by atoms with Gasteiger partial charge < -0.3 is 20.3 Å². The van der Waals surface area contributed by atoms with Gasteiger partial charge in [0.25, 0.3) is 0 Å². The van der Waals surface area contributed by atoms with Crippen LogP contribution in [-0.4, -0.2) is 40.5 Å². The van der Waals surface area contributed by atoms with Crippen molar-refractivity contribution >= 4 is 17.8 Å². The van der Waals surface area contributed by atoms with Crippen LogP contribution in [0.5, 0.6) is 0 Å². The number of nitrogens with zero attached hydrogens (tertiary/aromatic N) is 2. The minimum atomic E-state index is -1.12. The van der Waals surface area contributed by atoms with Gasteiger partial charge in [-0.1, -0.05) is 45.0 Å². The molecule has 2 amide bonds. The predicted molar refractivity (Wildman–Crippen MR) is 136 cm³/mol. The molecule has 2 atom stereocenters. The van der Waals surface area contributed by atoms with E-state index >= 15 is 0 Å². The first-order valence-electron chi connectivity index (χ1n) is 11.6.